The normalized spacial score (nSPS) is 12.2. The van der Waals surface area contributed by atoms with Crippen LogP contribution in [0.2, 0.25) is 0 Å². The van der Waals surface area contributed by atoms with Crippen LogP contribution < -0.4 is 10.5 Å². The summed E-state index contributed by atoms with van der Waals surface area (Å²) in [6, 6.07) is 10.5. The van der Waals surface area contributed by atoms with Crippen LogP contribution in [0, 0.1) is 19.7 Å². The molecule has 0 bridgehead atoms. The van der Waals surface area contributed by atoms with Crippen LogP contribution in [0.3, 0.4) is 0 Å². The van der Waals surface area contributed by atoms with E-state index in [4.69, 9.17) is 10.5 Å². The molecule has 0 aromatic heterocycles. The minimum Gasteiger partial charge on any atom is -0.496 e. The van der Waals surface area contributed by atoms with E-state index in [1.165, 1.54) is 12.1 Å². The van der Waals surface area contributed by atoms with Gasteiger partial charge in [0, 0.05) is 6.04 Å². The van der Waals surface area contributed by atoms with Crippen molar-refractivity contribution in [1.82, 2.24) is 0 Å². The molecule has 106 valence electrons. The lowest BCUT2D eigenvalue weighted by Gasteiger charge is -2.16. The first kappa shape index (κ1) is 14.5. The van der Waals surface area contributed by atoms with Crippen LogP contribution in [0.5, 0.6) is 5.75 Å². The summed E-state index contributed by atoms with van der Waals surface area (Å²) in [6.45, 7) is 4.03. The van der Waals surface area contributed by atoms with Gasteiger partial charge < -0.3 is 10.5 Å². The highest BCUT2D eigenvalue weighted by Crippen LogP contribution is 2.27. The van der Waals surface area contributed by atoms with E-state index in [1.807, 2.05) is 13.8 Å². The molecule has 0 saturated carbocycles. The third-order valence-corrected chi connectivity index (χ3v) is 3.48. The number of aryl methyl sites for hydroxylation is 2. The predicted molar refractivity (Wildman–Crippen MR) is 79.5 cm³/mol. The topological polar surface area (TPSA) is 35.2 Å². The molecular formula is C17H20FNO. The van der Waals surface area contributed by atoms with Crippen molar-refractivity contribution in [2.24, 2.45) is 5.73 Å². The largest absolute Gasteiger partial charge is 0.496 e. The summed E-state index contributed by atoms with van der Waals surface area (Å²) >= 11 is 0. The molecule has 0 heterocycles. The predicted octanol–water partition coefficient (Wildman–Crippen LogP) is 3.69. The zero-order valence-electron chi connectivity index (χ0n) is 12.1. The van der Waals surface area contributed by atoms with Gasteiger partial charge in [-0.1, -0.05) is 24.3 Å². The Morgan fingerprint density at radius 3 is 2.15 bits per heavy atom. The molecule has 1 atom stereocenters. The number of benzene rings is 2. The molecule has 0 amide bonds. The van der Waals surface area contributed by atoms with Crippen molar-refractivity contribution >= 4 is 0 Å². The monoisotopic (exact) mass is 273 g/mol. The standard InChI is InChI=1S/C17H20FNO/c1-11-8-14(9-12(2)17(11)20-3)16(19)10-13-4-6-15(18)7-5-13/h4-9,16H,10,19H2,1-3H3. The van der Waals surface area contributed by atoms with E-state index in [9.17, 15) is 4.39 Å². The number of methoxy groups -OCH3 is 1. The third-order valence-electron chi connectivity index (χ3n) is 3.48. The van der Waals surface area contributed by atoms with E-state index in [0.29, 0.717) is 6.42 Å². The summed E-state index contributed by atoms with van der Waals surface area (Å²) in [5.74, 6) is 0.682. The zero-order chi connectivity index (χ0) is 14.7. The van der Waals surface area contributed by atoms with E-state index in [0.717, 1.165) is 28.0 Å². The van der Waals surface area contributed by atoms with Gasteiger partial charge in [0.2, 0.25) is 0 Å². The quantitative estimate of drug-likeness (QED) is 0.922. The molecule has 20 heavy (non-hydrogen) atoms. The van der Waals surface area contributed by atoms with Crippen LogP contribution in [0.1, 0.15) is 28.3 Å². The summed E-state index contributed by atoms with van der Waals surface area (Å²) < 4.78 is 18.3. The maximum absolute atomic E-state index is 12.9. The van der Waals surface area contributed by atoms with Gasteiger partial charge in [0.25, 0.3) is 0 Å². The highest BCUT2D eigenvalue weighted by molar-refractivity contribution is 5.44. The molecule has 2 aromatic rings. The maximum Gasteiger partial charge on any atom is 0.124 e. The lowest BCUT2D eigenvalue weighted by atomic mass is 9.96. The second-order valence-electron chi connectivity index (χ2n) is 5.13. The van der Waals surface area contributed by atoms with Gasteiger partial charge in [-0.15, -0.1) is 0 Å². The van der Waals surface area contributed by atoms with Crippen LogP contribution in [0.4, 0.5) is 4.39 Å². The first-order valence-electron chi connectivity index (χ1n) is 6.66. The van der Waals surface area contributed by atoms with Gasteiger partial charge in [-0.3, -0.25) is 0 Å². The van der Waals surface area contributed by atoms with Crippen LogP contribution in [-0.2, 0) is 6.42 Å². The molecule has 0 aliphatic heterocycles. The minimum absolute atomic E-state index is 0.108. The number of nitrogens with two attached hydrogens (primary N) is 1. The van der Waals surface area contributed by atoms with Crippen LogP contribution in [0.25, 0.3) is 0 Å². The molecular weight excluding hydrogens is 253 g/mol. The Bertz CT molecular complexity index is 569. The number of hydrogen-bond donors (Lipinski definition) is 1. The number of hydrogen-bond acceptors (Lipinski definition) is 2. The van der Waals surface area contributed by atoms with Crippen molar-refractivity contribution in [3.05, 3.63) is 64.5 Å². The Balaban J connectivity index is 2.21. The molecule has 2 rings (SSSR count). The van der Waals surface area contributed by atoms with Gasteiger partial charge in [-0.05, 0) is 54.7 Å². The van der Waals surface area contributed by atoms with Crippen molar-refractivity contribution < 1.29 is 9.13 Å². The van der Waals surface area contributed by atoms with E-state index in [-0.39, 0.29) is 11.9 Å². The molecule has 2 N–H and O–H groups in total. The first-order chi connectivity index (χ1) is 9.51. The zero-order valence-corrected chi connectivity index (χ0v) is 12.1. The van der Waals surface area contributed by atoms with Gasteiger partial charge in [0.05, 0.1) is 7.11 Å². The van der Waals surface area contributed by atoms with Crippen LogP contribution in [-0.4, -0.2) is 7.11 Å². The lowest BCUT2D eigenvalue weighted by Crippen LogP contribution is -2.14. The third kappa shape index (κ3) is 3.17. The average molecular weight is 273 g/mol. The van der Waals surface area contributed by atoms with Gasteiger partial charge in [0.15, 0.2) is 0 Å². The molecule has 3 heteroatoms. The summed E-state index contributed by atoms with van der Waals surface area (Å²) in [6.07, 6.45) is 0.686. The maximum atomic E-state index is 12.9. The smallest absolute Gasteiger partial charge is 0.124 e. The molecule has 0 fully saturated rings. The van der Waals surface area contributed by atoms with Crippen molar-refractivity contribution in [2.45, 2.75) is 26.3 Å². The highest BCUT2D eigenvalue weighted by Gasteiger charge is 2.11. The van der Waals surface area contributed by atoms with Crippen LogP contribution in [0.15, 0.2) is 36.4 Å². The van der Waals surface area contributed by atoms with Crippen molar-refractivity contribution in [3.8, 4) is 5.75 Å². The first-order valence-corrected chi connectivity index (χ1v) is 6.66. The summed E-state index contributed by atoms with van der Waals surface area (Å²) in [5.41, 5.74) is 10.5. The molecule has 2 nitrogen and oxygen atoms in total. The molecule has 1 unspecified atom stereocenters. The van der Waals surface area contributed by atoms with Gasteiger partial charge in [-0.25, -0.2) is 4.39 Å². The fraction of sp³-hybridized carbons (Fsp3) is 0.294. The SMILES string of the molecule is COc1c(C)cc(C(N)Cc2ccc(F)cc2)cc1C. The molecule has 0 aliphatic carbocycles. The van der Waals surface area contributed by atoms with Gasteiger partial charge in [0.1, 0.15) is 11.6 Å². The van der Waals surface area contributed by atoms with Crippen molar-refractivity contribution in [3.63, 3.8) is 0 Å². The number of rotatable bonds is 4. The van der Waals surface area contributed by atoms with Gasteiger partial charge >= 0.3 is 0 Å². The van der Waals surface area contributed by atoms with E-state index in [1.54, 1.807) is 19.2 Å². The summed E-state index contributed by atoms with van der Waals surface area (Å²) in [4.78, 5) is 0. The Hall–Kier alpha value is -1.87. The summed E-state index contributed by atoms with van der Waals surface area (Å²) in [5, 5.41) is 0. The second kappa shape index (κ2) is 6.06. The van der Waals surface area contributed by atoms with E-state index < -0.39 is 0 Å². The number of halogens is 1. The molecule has 2 aromatic carbocycles. The Morgan fingerprint density at radius 2 is 1.65 bits per heavy atom. The Morgan fingerprint density at radius 1 is 1.10 bits per heavy atom. The number of ether oxygens (including phenoxy) is 1. The van der Waals surface area contributed by atoms with E-state index >= 15 is 0 Å². The molecule has 0 aliphatic rings. The van der Waals surface area contributed by atoms with E-state index in [2.05, 4.69) is 12.1 Å². The fourth-order valence-corrected chi connectivity index (χ4v) is 2.51. The highest BCUT2D eigenvalue weighted by atomic mass is 19.1. The minimum atomic E-state index is -0.224. The second-order valence-corrected chi connectivity index (χ2v) is 5.13. The van der Waals surface area contributed by atoms with Crippen molar-refractivity contribution in [2.75, 3.05) is 7.11 Å². The molecule has 0 saturated heterocycles. The van der Waals surface area contributed by atoms with Crippen LogP contribution >= 0.6 is 0 Å². The summed E-state index contributed by atoms with van der Waals surface area (Å²) in [7, 11) is 1.67. The molecule has 0 spiro atoms. The molecule has 0 radical (unpaired) electrons. The average Bonchev–Trinajstić information content (AvgIpc) is 2.41. The fourth-order valence-electron chi connectivity index (χ4n) is 2.51. The Kier molecular flexibility index (Phi) is 4.40. The lowest BCUT2D eigenvalue weighted by molar-refractivity contribution is 0.408. The van der Waals surface area contributed by atoms with Crippen molar-refractivity contribution in [1.29, 1.82) is 0 Å². The Labute approximate surface area is 119 Å². The van der Waals surface area contributed by atoms with Gasteiger partial charge in [-0.2, -0.15) is 0 Å².